The summed E-state index contributed by atoms with van der Waals surface area (Å²) in [6, 6.07) is 2.30. The van der Waals surface area contributed by atoms with Gasteiger partial charge in [-0.15, -0.1) is 0 Å². The van der Waals surface area contributed by atoms with Crippen molar-refractivity contribution in [2.75, 3.05) is 0 Å². The maximum atomic E-state index is 11.1. The van der Waals surface area contributed by atoms with Crippen molar-refractivity contribution in [3.8, 4) is 0 Å². The fraction of sp³-hybridized carbons (Fsp3) is 0. The van der Waals surface area contributed by atoms with Crippen molar-refractivity contribution in [2.24, 2.45) is 0 Å². The minimum Gasteiger partial charge on any atom is -0.478 e. The molecule has 0 amide bonds. The van der Waals surface area contributed by atoms with Crippen LogP contribution in [0.5, 0.6) is 0 Å². The van der Waals surface area contributed by atoms with Crippen LogP contribution in [-0.2, 0) is 9.05 Å². The molecule has 1 N–H and O–H groups in total. The molecule has 82 valence electrons. The second-order valence-electron chi connectivity index (χ2n) is 2.51. The van der Waals surface area contributed by atoms with Crippen LogP contribution in [0, 0.1) is 0 Å². The summed E-state index contributed by atoms with van der Waals surface area (Å²) in [5.41, 5.74) is -0.169. The van der Waals surface area contributed by atoms with E-state index in [1.54, 1.807) is 0 Å². The number of hydrogen-bond donors (Lipinski definition) is 1. The predicted molar refractivity (Wildman–Crippen MR) is 61.8 cm³/mol. The Balaban J connectivity index is 3.58. The van der Waals surface area contributed by atoms with Gasteiger partial charge in [0.2, 0.25) is 0 Å². The van der Waals surface area contributed by atoms with Gasteiger partial charge in [0.25, 0.3) is 9.05 Å². The molecule has 0 bridgehead atoms. The molecular formula is C7H3Br2ClO4S. The van der Waals surface area contributed by atoms with E-state index in [1.807, 2.05) is 0 Å². The summed E-state index contributed by atoms with van der Waals surface area (Å²) >= 11 is 5.98. The lowest BCUT2D eigenvalue weighted by Gasteiger charge is -2.04. The molecule has 0 radical (unpaired) electrons. The highest BCUT2D eigenvalue weighted by atomic mass is 79.9. The van der Waals surface area contributed by atoms with Crippen molar-refractivity contribution in [2.45, 2.75) is 4.90 Å². The van der Waals surface area contributed by atoms with Crippen molar-refractivity contribution in [1.82, 2.24) is 0 Å². The topological polar surface area (TPSA) is 71.4 Å². The molecule has 0 aliphatic heterocycles. The van der Waals surface area contributed by atoms with Crippen LogP contribution >= 0.6 is 42.5 Å². The lowest BCUT2D eigenvalue weighted by atomic mass is 10.2. The van der Waals surface area contributed by atoms with Gasteiger partial charge in [-0.2, -0.15) is 0 Å². The largest absolute Gasteiger partial charge is 0.478 e. The summed E-state index contributed by atoms with van der Waals surface area (Å²) in [7, 11) is 1.16. The number of aromatic carboxylic acids is 1. The Bertz CT molecular complexity index is 526. The van der Waals surface area contributed by atoms with Crippen molar-refractivity contribution >= 4 is 57.6 Å². The van der Waals surface area contributed by atoms with Crippen LogP contribution < -0.4 is 0 Å². The first kappa shape index (κ1) is 13.0. The molecule has 0 heterocycles. The summed E-state index contributed by atoms with van der Waals surface area (Å²) in [6.07, 6.45) is 0. The molecule has 0 atom stereocenters. The summed E-state index contributed by atoms with van der Waals surface area (Å²) < 4.78 is 22.6. The zero-order valence-electron chi connectivity index (χ0n) is 6.87. The Morgan fingerprint density at radius 3 is 2.20 bits per heavy atom. The molecule has 0 spiro atoms. The zero-order valence-corrected chi connectivity index (χ0v) is 11.6. The van der Waals surface area contributed by atoms with E-state index in [-0.39, 0.29) is 19.4 Å². The van der Waals surface area contributed by atoms with Crippen molar-refractivity contribution < 1.29 is 18.3 Å². The van der Waals surface area contributed by atoms with Crippen molar-refractivity contribution in [3.05, 3.63) is 26.6 Å². The van der Waals surface area contributed by atoms with Crippen molar-refractivity contribution in [1.29, 1.82) is 0 Å². The molecule has 0 aliphatic carbocycles. The first-order valence-electron chi connectivity index (χ1n) is 3.40. The number of halogens is 3. The first-order chi connectivity index (χ1) is 6.73. The molecule has 0 aliphatic rings. The third-order valence-electron chi connectivity index (χ3n) is 1.51. The summed E-state index contributed by atoms with van der Waals surface area (Å²) in [6.45, 7) is 0. The van der Waals surface area contributed by atoms with Gasteiger partial charge in [0.1, 0.15) is 0 Å². The highest BCUT2D eigenvalue weighted by molar-refractivity contribution is 9.11. The van der Waals surface area contributed by atoms with Crippen molar-refractivity contribution in [3.63, 3.8) is 0 Å². The van der Waals surface area contributed by atoms with Gasteiger partial charge in [-0.25, -0.2) is 13.2 Å². The second-order valence-corrected chi connectivity index (χ2v) is 6.75. The fourth-order valence-corrected chi connectivity index (χ4v) is 3.90. The molecule has 0 saturated heterocycles. The lowest BCUT2D eigenvalue weighted by molar-refractivity contribution is 0.0695. The molecule has 1 aromatic carbocycles. The van der Waals surface area contributed by atoms with Gasteiger partial charge < -0.3 is 5.11 Å². The molecule has 1 aromatic rings. The van der Waals surface area contributed by atoms with E-state index >= 15 is 0 Å². The summed E-state index contributed by atoms with van der Waals surface area (Å²) in [5.74, 6) is -1.24. The quantitative estimate of drug-likeness (QED) is 0.804. The molecule has 0 saturated carbocycles. The smallest absolute Gasteiger partial charge is 0.336 e. The number of carboxylic acid groups (broad SMARTS) is 1. The maximum Gasteiger partial charge on any atom is 0.336 e. The van der Waals surface area contributed by atoms with Crippen LogP contribution in [0.15, 0.2) is 26.0 Å². The Morgan fingerprint density at radius 2 is 1.80 bits per heavy atom. The van der Waals surface area contributed by atoms with Crippen LogP contribution in [0.25, 0.3) is 0 Å². The van der Waals surface area contributed by atoms with Gasteiger partial charge in [0, 0.05) is 19.6 Å². The number of hydrogen-bond acceptors (Lipinski definition) is 3. The van der Waals surface area contributed by atoms with Gasteiger partial charge in [-0.1, -0.05) is 0 Å². The molecule has 0 aromatic heterocycles. The summed E-state index contributed by atoms with van der Waals surface area (Å²) in [5, 5.41) is 8.76. The normalized spacial score (nSPS) is 11.4. The van der Waals surface area contributed by atoms with Gasteiger partial charge in [-0.3, -0.25) is 0 Å². The predicted octanol–water partition coefficient (Wildman–Crippen LogP) is 2.84. The van der Waals surface area contributed by atoms with Gasteiger partial charge in [-0.05, 0) is 44.0 Å². The molecule has 8 heteroatoms. The van der Waals surface area contributed by atoms with Crippen LogP contribution in [0.2, 0.25) is 0 Å². The van der Waals surface area contributed by atoms with Gasteiger partial charge >= 0.3 is 5.97 Å². The van der Waals surface area contributed by atoms with E-state index in [0.29, 0.717) is 0 Å². The highest BCUT2D eigenvalue weighted by Gasteiger charge is 2.19. The van der Waals surface area contributed by atoms with Crippen LogP contribution in [0.4, 0.5) is 0 Å². The van der Waals surface area contributed by atoms with E-state index in [1.165, 1.54) is 6.07 Å². The lowest BCUT2D eigenvalue weighted by Crippen LogP contribution is -2.01. The Kier molecular flexibility index (Phi) is 3.80. The monoisotopic (exact) mass is 376 g/mol. The number of carbonyl (C=O) groups is 1. The molecule has 1 rings (SSSR count). The molecular weight excluding hydrogens is 375 g/mol. The number of benzene rings is 1. The van der Waals surface area contributed by atoms with Crippen LogP contribution in [0.1, 0.15) is 10.4 Å². The van der Waals surface area contributed by atoms with E-state index in [9.17, 15) is 13.2 Å². The molecule has 0 unspecified atom stereocenters. The van der Waals surface area contributed by atoms with Crippen LogP contribution in [0.3, 0.4) is 0 Å². The Hall–Kier alpha value is -0.110. The third kappa shape index (κ3) is 2.93. The highest BCUT2D eigenvalue weighted by Crippen LogP contribution is 2.31. The zero-order chi connectivity index (χ0) is 11.8. The van der Waals surface area contributed by atoms with E-state index in [4.69, 9.17) is 15.8 Å². The van der Waals surface area contributed by atoms with E-state index < -0.39 is 15.0 Å². The SMILES string of the molecule is O=C(O)c1cc(S(=O)(=O)Cl)c(Br)cc1Br. The minimum absolute atomic E-state index is 0.169. The van der Waals surface area contributed by atoms with Gasteiger partial charge in [0.15, 0.2) is 0 Å². The second kappa shape index (κ2) is 4.40. The molecule has 0 fully saturated rings. The average molecular weight is 378 g/mol. The van der Waals surface area contributed by atoms with Gasteiger partial charge in [0.05, 0.1) is 10.5 Å². The molecule has 4 nitrogen and oxygen atoms in total. The third-order valence-corrected chi connectivity index (χ3v) is 4.45. The minimum atomic E-state index is -3.97. The van der Waals surface area contributed by atoms with E-state index in [0.717, 1.165) is 6.07 Å². The number of rotatable bonds is 2. The first-order valence-corrected chi connectivity index (χ1v) is 7.30. The maximum absolute atomic E-state index is 11.1. The number of carboxylic acids is 1. The Labute approximate surface area is 107 Å². The standard InChI is InChI=1S/C7H3Br2ClO4S/c8-4-2-5(9)6(15(10,13)14)1-3(4)7(11)12/h1-2H,(H,11,12). The fourth-order valence-electron chi connectivity index (χ4n) is 0.880. The Morgan fingerprint density at radius 1 is 1.27 bits per heavy atom. The molecule has 15 heavy (non-hydrogen) atoms. The average Bonchev–Trinajstić information content (AvgIpc) is 2.00. The summed E-state index contributed by atoms with van der Waals surface area (Å²) in [4.78, 5) is 10.5. The van der Waals surface area contributed by atoms with E-state index in [2.05, 4.69) is 31.9 Å². The van der Waals surface area contributed by atoms with Crippen LogP contribution in [-0.4, -0.2) is 19.5 Å².